The molecule has 0 aliphatic carbocycles. The van der Waals surface area contributed by atoms with Crippen LogP contribution >= 0.6 is 0 Å². The second-order valence-corrected chi connectivity index (χ2v) is 4.53. The molecule has 3 nitrogen and oxygen atoms in total. The molecule has 0 N–H and O–H groups in total. The highest BCUT2D eigenvalue weighted by atomic mass is 15.3. The molecule has 0 atom stereocenters. The lowest BCUT2D eigenvalue weighted by atomic mass is 10.3. The van der Waals surface area contributed by atoms with Gasteiger partial charge in [0, 0.05) is 26.2 Å². The standard InChI is InChI=1S/C12H27N3.2C2H6/c1-4-13(3)7-6-8-15-11-9-14(5-2)10-12-15;2*1-2/h4-12H2,1-3H3;2*1-2H3. The number of hydrogen-bond donors (Lipinski definition) is 0. The van der Waals surface area contributed by atoms with Gasteiger partial charge in [0.15, 0.2) is 0 Å². The van der Waals surface area contributed by atoms with Gasteiger partial charge in [0.1, 0.15) is 0 Å². The van der Waals surface area contributed by atoms with Crippen molar-refractivity contribution in [3.8, 4) is 0 Å². The van der Waals surface area contributed by atoms with Crippen molar-refractivity contribution in [3.63, 3.8) is 0 Å². The van der Waals surface area contributed by atoms with Gasteiger partial charge in [-0.2, -0.15) is 0 Å². The van der Waals surface area contributed by atoms with Gasteiger partial charge >= 0.3 is 0 Å². The van der Waals surface area contributed by atoms with Crippen LogP contribution in [0.15, 0.2) is 0 Å². The maximum Gasteiger partial charge on any atom is 0.0110 e. The minimum Gasteiger partial charge on any atom is -0.307 e. The number of piperazine rings is 1. The lowest BCUT2D eigenvalue weighted by Gasteiger charge is -2.34. The van der Waals surface area contributed by atoms with Crippen LogP contribution in [-0.4, -0.2) is 74.1 Å². The molecule has 118 valence electrons. The summed E-state index contributed by atoms with van der Waals surface area (Å²) in [7, 11) is 2.20. The molecule has 1 rings (SSSR count). The smallest absolute Gasteiger partial charge is 0.0110 e. The van der Waals surface area contributed by atoms with Gasteiger partial charge in [-0.1, -0.05) is 41.5 Å². The van der Waals surface area contributed by atoms with Gasteiger partial charge in [0.2, 0.25) is 0 Å². The fourth-order valence-corrected chi connectivity index (χ4v) is 2.05. The summed E-state index contributed by atoms with van der Waals surface area (Å²) >= 11 is 0. The fourth-order valence-electron chi connectivity index (χ4n) is 2.05. The van der Waals surface area contributed by atoms with E-state index in [0.717, 1.165) is 0 Å². The van der Waals surface area contributed by atoms with Crippen molar-refractivity contribution < 1.29 is 0 Å². The van der Waals surface area contributed by atoms with Crippen molar-refractivity contribution in [1.29, 1.82) is 0 Å². The molecule has 1 aliphatic rings. The van der Waals surface area contributed by atoms with Gasteiger partial charge in [-0.3, -0.25) is 0 Å². The Bertz CT molecular complexity index is 154. The molecule has 0 bridgehead atoms. The molecule has 0 saturated carbocycles. The summed E-state index contributed by atoms with van der Waals surface area (Å²) in [5, 5.41) is 0. The molecule has 1 heterocycles. The molecule has 0 aromatic heterocycles. The average Bonchev–Trinajstić information content (AvgIpc) is 2.51. The first-order valence-electron chi connectivity index (χ1n) is 8.39. The minimum absolute atomic E-state index is 1.17. The first-order chi connectivity index (χ1) is 9.26. The van der Waals surface area contributed by atoms with Gasteiger partial charge in [-0.25, -0.2) is 0 Å². The van der Waals surface area contributed by atoms with Gasteiger partial charge in [0.05, 0.1) is 0 Å². The zero-order valence-electron chi connectivity index (χ0n) is 14.7. The Labute approximate surface area is 122 Å². The second-order valence-electron chi connectivity index (χ2n) is 4.53. The monoisotopic (exact) mass is 273 g/mol. The van der Waals surface area contributed by atoms with Gasteiger partial charge in [-0.05, 0) is 39.6 Å². The number of likely N-dealkylation sites (N-methyl/N-ethyl adjacent to an activating group) is 1. The molecule has 1 saturated heterocycles. The Morgan fingerprint density at radius 3 is 1.74 bits per heavy atom. The SMILES string of the molecule is CC.CC.CCN(C)CCCN1CCN(CC)CC1. The van der Waals surface area contributed by atoms with E-state index in [1.165, 1.54) is 58.8 Å². The maximum atomic E-state index is 2.61. The number of rotatable bonds is 6. The molecule has 1 aliphatic heterocycles. The van der Waals surface area contributed by atoms with E-state index in [9.17, 15) is 0 Å². The van der Waals surface area contributed by atoms with Crippen LogP contribution in [0.2, 0.25) is 0 Å². The van der Waals surface area contributed by atoms with Crippen molar-refractivity contribution in [2.45, 2.75) is 48.0 Å². The maximum absolute atomic E-state index is 2.61. The molecule has 3 heteroatoms. The Kier molecular flexibility index (Phi) is 17.8. The number of nitrogens with zero attached hydrogens (tertiary/aromatic N) is 3. The Morgan fingerprint density at radius 1 is 0.842 bits per heavy atom. The molecule has 0 amide bonds. The van der Waals surface area contributed by atoms with Crippen molar-refractivity contribution in [2.24, 2.45) is 0 Å². The van der Waals surface area contributed by atoms with Crippen LogP contribution < -0.4 is 0 Å². The third-order valence-corrected chi connectivity index (χ3v) is 3.47. The Morgan fingerprint density at radius 2 is 1.32 bits per heavy atom. The van der Waals surface area contributed by atoms with Crippen LogP contribution in [0.3, 0.4) is 0 Å². The highest BCUT2D eigenvalue weighted by molar-refractivity contribution is 4.70. The topological polar surface area (TPSA) is 9.72 Å². The molecular weight excluding hydrogens is 234 g/mol. The average molecular weight is 274 g/mol. The van der Waals surface area contributed by atoms with E-state index in [1.807, 2.05) is 27.7 Å². The summed E-state index contributed by atoms with van der Waals surface area (Å²) in [6.45, 7) is 22.4. The molecule has 0 spiro atoms. The van der Waals surface area contributed by atoms with E-state index < -0.39 is 0 Å². The van der Waals surface area contributed by atoms with Gasteiger partial charge in [-0.15, -0.1) is 0 Å². The van der Waals surface area contributed by atoms with E-state index in [-0.39, 0.29) is 0 Å². The Balaban J connectivity index is 0. The van der Waals surface area contributed by atoms with Crippen LogP contribution in [0.4, 0.5) is 0 Å². The quantitative estimate of drug-likeness (QED) is 0.736. The largest absolute Gasteiger partial charge is 0.307 e. The summed E-state index contributed by atoms with van der Waals surface area (Å²) in [6, 6.07) is 0. The highest BCUT2D eigenvalue weighted by Gasteiger charge is 2.14. The third kappa shape index (κ3) is 11.4. The fraction of sp³-hybridized carbons (Fsp3) is 1.00. The number of hydrogen-bond acceptors (Lipinski definition) is 3. The molecule has 1 fully saturated rings. The first kappa shape index (κ1) is 21.2. The van der Waals surface area contributed by atoms with E-state index in [2.05, 4.69) is 35.6 Å². The zero-order chi connectivity index (χ0) is 15.1. The molecule has 0 unspecified atom stereocenters. The molecule has 0 aromatic rings. The zero-order valence-corrected chi connectivity index (χ0v) is 14.7. The normalized spacial score (nSPS) is 16.4. The van der Waals surface area contributed by atoms with Crippen molar-refractivity contribution in [2.75, 3.05) is 59.4 Å². The highest BCUT2D eigenvalue weighted by Crippen LogP contribution is 2.02. The summed E-state index contributed by atoms with van der Waals surface area (Å²) in [6.07, 6.45) is 1.32. The summed E-state index contributed by atoms with van der Waals surface area (Å²) in [4.78, 5) is 7.53. The predicted molar refractivity (Wildman–Crippen MR) is 89.0 cm³/mol. The van der Waals surface area contributed by atoms with Gasteiger partial charge < -0.3 is 14.7 Å². The van der Waals surface area contributed by atoms with Crippen LogP contribution in [0.1, 0.15) is 48.0 Å². The minimum atomic E-state index is 1.17. The van der Waals surface area contributed by atoms with Gasteiger partial charge in [0.25, 0.3) is 0 Å². The molecule has 19 heavy (non-hydrogen) atoms. The summed E-state index contributed by atoms with van der Waals surface area (Å²) < 4.78 is 0. The third-order valence-electron chi connectivity index (χ3n) is 3.47. The molecule has 0 aromatic carbocycles. The van der Waals surface area contributed by atoms with E-state index in [1.54, 1.807) is 0 Å². The van der Waals surface area contributed by atoms with E-state index >= 15 is 0 Å². The lowest BCUT2D eigenvalue weighted by Crippen LogP contribution is -2.46. The predicted octanol–water partition coefficient (Wildman–Crippen LogP) is 3.02. The van der Waals surface area contributed by atoms with E-state index in [4.69, 9.17) is 0 Å². The summed E-state index contributed by atoms with van der Waals surface area (Å²) in [5.41, 5.74) is 0. The van der Waals surface area contributed by atoms with Crippen LogP contribution in [0.25, 0.3) is 0 Å². The second kappa shape index (κ2) is 15.9. The van der Waals surface area contributed by atoms with Crippen LogP contribution in [-0.2, 0) is 0 Å². The van der Waals surface area contributed by atoms with Crippen LogP contribution in [0.5, 0.6) is 0 Å². The molecule has 0 radical (unpaired) electrons. The van der Waals surface area contributed by atoms with Crippen LogP contribution in [0, 0.1) is 0 Å². The lowest BCUT2D eigenvalue weighted by molar-refractivity contribution is 0.133. The van der Waals surface area contributed by atoms with Crippen molar-refractivity contribution in [3.05, 3.63) is 0 Å². The first-order valence-corrected chi connectivity index (χ1v) is 8.39. The summed E-state index contributed by atoms with van der Waals surface area (Å²) in [5.74, 6) is 0. The van der Waals surface area contributed by atoms with E-state index in [0.29, 0.717) is 0 Å². The van der Waals surface area contributed by atoms with Crippen molar-refractivity contribution >= 4 is 0 Å². The van der Waals surface area contributed by atoms with Crippen molar-refractivity contribution in [1.82, 2.24) is 14.7 Å². The molecular formula is C16H39N3. The Hall–Kier alpha value is -0.120.